The van der Waals surface area contributed by atoms with E-state index in [4.69, 9.17) is 4.74 Å². The molecule has 0 spiro atoms. The highest BCUT2D eigenvalue weighted by Crippen LogP contribution is 2.29. The lowest BCUT2D eigenvalue weighted by molar-refractivity contribution is -0.384. The van der Waals surface area contributed by atoms with Crippen molar-refractivity contribution >= 4 is 21.6 Å². The molecule has 0 unspecified atom stereocenters. The van der Waals surface area contributed by atoms with Gasteiger partial charge >= 0.3 is 0 Å². The van der Waals surface area contributed by atoms with Gasteiger partial charge in [0.05, 0.1) is 11.1 Å². The fourth-order valence-electron chi connectivity index (χ4n) is 1.42. The third-order valence-corrected chi connectivity index (χ3v) is 2.87. The maximum atomic E-state index is 10.7. The van der Waals surface area contributed by atoms with E-state index in [1.54, 1.807) is 30.6 Å². The first kappa shape index (κ1) is 12.5. The molecule has 0 aliphatic rings. The Morgan fingerprint density at radius 1 is 1.39 bits per heavy atom. The number of ether oxygens (including phenoxy) is 1. The molecule has 0 radical (unpaired) electrons. The first-order valence-electron chi connectivity index (χ1n) is 5.12. The molecule has 0 N–H and O–H groups in total. The second-order valence-electron chi connectivity index (χ2n) is 3.47. The van der Waals surface area contributed by atoms with Gasteiger partial charge in [-0.3, -0.25) is 15.1 Å². The second kappa shape index (κ2) is 5.59. The maximum absolute atomic E-state index is 10.7. The summed E-state index contributed by atoms with van der Waals surface area (Å²) in [6, 6.07) is 8.01. The molecule has 0 atom stereocenters. The van der Waals surface area contributed by atoms with Crippen molar-refractivity contribution in [1.29, 1.82) is 0 Å². The summed E-state index contributed by atoms with van der Waals surface area (Å²) in [6.45, 7) is 0. The molecule has 1 aromatic carbocycles. The molecule has 2 rings (SSSR count). The monoisotopic (exact) mass is 308 g/mol. The van der Waals surface area contributed by atoms with Crippen molar-refractivity contribution in [3.63, 3.8) is 0 Å². The van der Waals surface area contributed by atoms with Gasteiger partial charge < -0.3 is 4.74 Å². The van der Waals surface area contributed by atoms with Crippen LogP contribution in [0.2, 0.25) is 0 Å². The lowest BCUT2D eigenvalue weighted by Gasteiger charge is -2.08. The number of rotatable bonds is 4. The first-order valence-corrected chi connectivity index (χ1v) is 6.24. The minimum atomic E-state index is -0.431. The highest BCUT2D eigenvalue weighted by molar-refractivity contribution is 9.08. The Balaban J connectivity index is 2.31. The van der Waals surface area contributed by atoms with Crippen molar-refractivity contribution < 1.29 is 9.66 Å². The molecular weight excluding hydrogens is 300 g/mol. The van der Waals surface area contributed by atoms with Gasteiger partial charge in [-0.1, -0.05) is 15.9 Å². The fourth-order valence-corrected chi connectivity index (χ4v) is 1.86. The third-order valence-electron chi connectivity index (χ3n) is 2.26. The largest absolute Gasteiger partial charge is 0.455 e. The molecular formula is C12H9BrN2O3. The van der Waals surface area contributed by atoms with E-state index in [1.165, 1.54) is 12.1 Å². The Morgan fingerprint density at radius 2 is 2.22 bits per heavy atom. The quantitative estimate of drug-likeness (QED) is 0.491. The standard InChI is InChI=1S/C12H9BrN2O3/c13-7-9-6-10(15(16)17)3-4-12(9)18-11-2-1-5-14-8-11/h1-6,8H,7H2. The van der Waals surface area contributed by atoms with Gasteiger partial charge in [-0.25, -0.2) is 0 Å². The highest BCUT2D eigenvalue weighted by atomic mass is 79.9. The van der Waals surface area contributed by atoms with Crippen molar-refractivity contribution in [2.45, 2.75) is 5.33 Å². The van der Waals surface area contributed by atoms with E-state index in [2.05, 4.69) is 20.9 Å². The number of nitrogens with zero attached hydrogens (tertiary/aromatic N) is 2. The van der Waals surface area contributed by atoms with Crippen molar-refractivity contribution in [2.24, 2.45) is 0 Å². The summed E-state index contributed by atoms with van der Waals surface area (Å²) in [5.74, 6) is 1.17. The Kier molecular flexibility index (Phi) is 3.88. The van der Waals surface area contributed by atoms with Crippen LogP contribution in [0, 0.1) is 10.1 Å². The maximum Gasteiger partial charge on any atom is 0.270 e. The fraction of sp³-hybridized carbons (Fsp3) is 0.0833. The van der Waals surface area contributed by atoms with E-state index in [0.29, 0.717) is 22.4 Å². The second-order valence-corrected chi connectivity index (χ2v) is 4.03. The summed E-state index contributed by atoms with van der Waals surface area (Å²) in [5.41, 5.74) is 0.760. The molecule has 0 aliphatic carbocycles. The molecule has 1 heterocycles. The van der Waals surface area contributed by atoms with Crippen LogP contribution in [0.15, 0.2) is 42.7 Å². The zero-order valence-electron chi connectivity index (χ0n) is 9.25. The number of nitro groups is 1. The van der Waals surface area contributed by atoms with Gasteiger partial charge in [-0.05, 0) is 18.2 Å². The van der Waals surface area contributed by atoms with E-state index in [1.807, 2.05) is 0 Å². The Morgan fingerprint density at radius 3 is 2.83 bits per heavy atom. The van der Waals surface area contributed by atoms with Gasteiger partial charge in [0.1, 0.15) is 11.5 Å². The van der Waals surface area contributed by atoms with Gasteiger partial charge in [-0.2, -0.15) is 0 Å². The molecule has 0 amide bonds. The molecule has 6 heteroatoms. The molecule has 0 saturated carbocycles. The molecule has 0 fully saturated rings. The average molecular weight is 309 g/mol. The van der Waals surface area contributed by atoms with Crippen LogP contribution < -0.4 is 4.74 Å². The first-order chi connectivity index (χ1) is 8.70. The van der Waals surface area contributed by atoms with Crippen LogP contribution in [0.1, 0.15) is 5.56 Å². The summed E-state index contributed by atoms with van der Waals surface area (Å²) in [4.78, 5) is 14.2. The predicted octanol–water partition coefficient (Wildman–Crippen LogP) is 3.68. The summed E-state index contributed by atoms with van der Waals surface area (Å²) in [7, 11) is 0. The van der Waals surface area contributed by atoms with Crippen molar-refractivity contribution in [2.75, 3.05) is 0 Å². The van der Waals surface area contributed by atoms with E-state index in [9.17, 15) is 10.1 Å². The molecule has 92 valence electrons. The summed E-state index contributed by atoms with van der Waals surface area (Å²) < 4.78 is 5.62. The van der Waals surface area contributed by atoms with Gasteiger partial charge in [0, 0.05) is 29.2 Å². The molecule has 2 aromatic rings. The van der Waals surface area contributed by atoms with E-state index >= 15 is 0 Å². The SMILES string of the molecule is O=[N+]([O-])c1ccc(Oc2cccnc2)c(CBr)c1. The Bertz CT molecular complexity index is 561. The van der Waals surface area contributed by atoms with Crippen LogP contribution in [0.3, 0.4) is 0 Å². The number of halogens is 1. The van der Waals surface area contributed by atoms with Crippen molar-refractivity contribution in [1.82, 2.24) is 4.98 Å². The predicted molar refractivity (Wildman–Crippen MR) is 70.0 cm³/mol. The van der Waals surface area contributed by atoms with Crippen molar-refractivity contribution in [3.05, 3.63) is 58.4 Å². The Hall–Kier alpha value is -1.95. The number of hydrogen-bond donors (Lipinski definition) is 0. The van der Waals surface area contributed by atoms with Gasteiger partial charge in [-0.15, -0.1) is 0 Å². The van der Waals surface area contributed by atoms with Crippen LogP contribution in [0.5, 0.6) is 11.5 Å². The van der Waals surface area contributed by atoms with E-state index < -0.39 is 4.92 Å². The minimum absolute atomic E-state index is 0.0444. The number of pyridine rings is 1. The summed E-state index contributed by atoms with van der Waals surface area (Å²) >= 11 is 3.29. The van der Waals surface area contributed by atoms with Gasteiger partial charge in [0.25, 0.3) is 5.69 Å². The highest BCUT2D eigenvalue weighted by Gasteiger charge is 2.11. The third kappa shape index (κ3) is 2.84. The zero-order valence-corrected chi connectivity index (χ0v) is 10.8. The number of hydrogen-bond acceptors (Lipinski definition) is 4. The van der Waals surface area contributed by atoms with E-state index in [-0.39, 0.29) is 5.69 Å². The van der Waals surface area contributed by atoms with E-state index in [0.717, 1.165) is 0 Å². The molecule has 0 bridgehead atoms. The van der Waals surface area contributed by atoms with Crippen LogP contribution in [0.4, 0.5) is 5.69 Å². The molecule has 5 nitrogen and oxygen atoms in total. The molecule has 0 saturated heterocycles. The van der Waals surface area contributed by atoms with Gasteiger partial charge in [0.15, 0.2) is 0 Å². The summed E-state index contributed by atoms with van der Waals surface area (Å²) in [5, 5.41) is 11.2. The molecule has 18 heavy (non-hydrogen) atoms. The summed E-state index contributed by atoms with van der Waals surface area (Å²) in [6.07, 6.45) is 3.23. The molecule has 0 aliphatic heterocycles. The van der Waals surface area contributed by atoms with Crippen molar-refractivity contribution in [3.8, 4) is 11.5 Å². The minimum Gasteiger partial charge on any atom is -0.455 e. The number of non-ortho nitro benzene ring substituents is 1. The Labute approximate surface area is 112 Å². The average Bonchev–Trinajstić information content (AvgIpc) is 2.40. The zero-order chi connectivity index (χ0) is 13.0. The smallest absolute Gasteiger partial charge is 0.270 e. The lowest BCUT2D eigenvalue weighted by Crippen LogP contribution is -1.93. The number of nitro benzene ring substituents is 1. The number of aromatic nitrogens is 1. The van der Waals surface area contributed by atoms with Crippen LogP contribution in [0.25, 0.3) is 0 Å². The van der Waals surface area contributed by atoms with Gasteiger partial charge in [0.2, 0.25) is 0 Å². The number of benzene rings is 1. The topological polar surface area (TPSA) is 65.3 Å². The van der Waals surface area contributed by atoms with Crippen LogP contribution in [-0.2, 0) is 5.33 Å². The van der Waals surface area contributed by atoms with Crippen LogP contribution in [-0.4, -0.2) is 9.91 Å². The van der Waals surface area contributed by atoms with Crippen LogP contribution >= 0.6 is 15.9 Å². The lowest BCUT2D eigenvalue weighted by atomic mass is 10.2. The molecule has 1 aromatic heterocycles. The number of alkyl halides is 1. The normalized spacial score (nSPS) is 10.1.